The molecule has 0 bridgehead atoms. The lowest BCUT2D eigenvalue weighted by Crippen LogP contribution is -2.54. The number of piperidine rings is 1. The first-order valence-electron chi connectivity index (χ1n) is 18.6. The van der Waals surface area contributed by atoms with Crippen LogP contribution in [0.2, 0.25) is 0 Å². The zero-order chi connectivity index (χ0) is 37.6. The number of ether oxygens (including phenoxy) is 4. The van der Waals surface area contributed by atoms with Gasteiger partial charge in [0.15, 0.2) is 5.60 Å². The van der Waals surface area contributed by atoms with Crippen LogP contribution in [0.4, 0.5) is 16.2 Å². The second-order valence-electron chi connectivity index (χ2n) is 15.5. The highest BCUT2D eigenvalue weighted by Crippen LogP contribution is 2.43. The maximum Gasteiger partial charge on any atom is 0.410 e. The molecule has 0 spiro atoms. The minimum atomic E-state index is -1.04. The normalized spacial score (nSPS) is 20.4. The standard InChI is InChI=1S/C40H56N4O8.H2/c1-8-50-22-19-32(27-13-10-9-11-14-27)41-35(45)28-23-29(26-42(25-28)38(48)52-39(2,3)4)36(46)44(30-15-16-30)31-17-18-34-33(24-31)43(20-12-21-49-7)37(47)40(5,6)51-34;/h9-11,13-14,17-18,24,28-30,32H,8,12,15-16,19-23,25-26H2,1-7H3,(H,41,45);1H/t28-,29+,32+;/m0./s1. The van der Waals surface area contributed by atoms with Crippen LogP contribution >= 0.6 is 0 Å². The number of fused-ring (bicyclic) bond motifs is 1. The van der Waals surface area contributed by atoms with Gasteiger partial charge in [-0.05, 0) is 97.4 Å². The number of amides is 4. The van der Waals surface area contributed by atoms with Gasteiger partial charge in [0.1, 0.15) is 11.4 Å². The van der Waals surface area contributed by atoms with Crippen LogP contribution in [-0.4, -0.2) is 92.5 Å². The summed E-state index contributed by atoms with van der Waals surface area (Å²) in [5, 5.41) is 3.21. The number of nitrogens with zero attached hydrogens (tertiary/aromatic N) is 3. The fraction of sp³-hybridized carbons (Fsp3) is 0.600. The number of hydrogen-bond donors (Lipinski definition) is 1. The van der Waals surface area contributed by atoms with Crippen LogP contribution in [0, 0.1) is 11.8 Å². The van der Waals surface area contributed by atoms with Gasteiger partial charge in [0.2, 0.25) is 11.8 Å². The van der Waals surface area contributed by atoms with Crippen LogP contribution in [0.15, 0.2) is 48.5 Å². The molecule has 2 aromatic rings. The van der Waals surface area contributed by atoms with Gasteiger partial charge in [-0.3, -0.25) is 14.4 Å². The van der Waals surface area contributed by atoms with Crippen LogP contribution < -0.4 is 19.9 Å². The highest BCUT2D eigenvalue weighted by Gasteiger charge is 2.45. The molecule has 52 heavy (non-hydrogen) atoms. The van der Waals surface area contributed by atoms with E-state index in [2.05, 4.69) is 5.32 Å². The monoisotopic (exact) mass is 722 g/mol. The Hall–Kier alpha value is -4.16. The van der Waals surface area contributed by atoms with Crippen molar-refractivity contribution >= 4 is 35.2 Å². The molecular weight excluding hydrogens is 664 g/mol. The summed E-state index contributed by atoms with van der Waals surface area (Å²) in [7, 11) is 1.63. The van der Waals surface area contributed by atoms with Gasteiger partial charge in [0, 0.05) is 59.7 Å². The second-order valence-corrected chi connectivity index (χ2v) is 15.5. The number of likely N-dealkylation sites (tertiary alicyclic amines) is 1. The molecule has 1 saturated heterocycles. The Morgan fingerprint density at radius 2 is 1.77 bits per heavy atom. The molecule has 2 fully saturated rings. The lowest BCUT2D eigenvalue weighted by atomic mass is 9.87. The summed E-state index contributed by atoms with van der Waals surface area (Å²) < 4.78 is 22.8. The Labute approximate surface area is 309 Å². The van der Waals surface area contributed by atoms with Gasteiger partial charge in [-0.1, -0.05) is 30.3 Å². The summed E-state index contributed by atoms with van der Waals surface area (Å²) in [5.74, 6) is -1.31. The smallest absolute Gasteiger partial charge is 0.410 e. The van der Waals surface area contributed by atoms with E-state index in [-0.39, 0.29) is 50.7 Å². The molecule has 2 heterocycles. The van der Waals surface area contributed by atoms with Gasteiger partial charge in [0.05, 0.1) is 23.6 Å². The Morgan fingerprint density at radius 3 is 2.42 bits per heavy atom. The van der Waals surface area contributed by atoms with Gasteiger partial charge < -0.3 is 39.0 Å². The molecule has 4 amide bonds. The van der Waals surface area contributed by atoms with Gasteiger partial charge >= 0.3 is 6.09 Å². The van der Waals surface area contributed by atoms with Crippen molar-refractivity contribution in [2.75, 3.05) is 56.4 Å². The highest BCUT2D eigenvalue weighted by molar-refractivity contribution is 6.04. The number of methoxy groups -OCH3 is 1. The van der Waals surface area contributed by atoms with E-state index in [1.165, 1.54) is 4.90 Å². The molecule has 2 aliphatic heterocycles. The number of carbonyl (C=O) groups is 4. The molecule has 3 atom stereocenters. The summed E-state index contributed by atoms with van der Waals surface area (Å²) in [5.41, 5.74) is 0.410. The maximum absolute atomic E-state index is 14.7. The van der Waals surface area contributed by atoms with E-state index < -0.39 is 29.1 Å². The van der Waals surface area contributed by atoms with Crippen molar-refractivity contribution in [1.82, 2.24) is 10.2 Å². The lowest BCUT2D eigenvalue weighted by Gasteiger charge is -2.40. The van der Waals surface area contributed by atoms with Crippen molar-refractivity contribution < 1.29 is 39.6 Å². The topological polar surface area (TPSA) is 127 Å². The molecule has 0 unspecified atom stereocenters. The highest BCUT2D eigenvalue weighted by atomic mass is 16.6. The van der Waals surface area contributed by atoms with E-state index in [4.69, 9.17) is 18.9 Å². The SMILES string of the molecule is CCOCC[C@@H](NC(=O)[C@H]1C[C@@H](C(=O)N(c2ccc3c(c2)N(CCCOC)C(=O)C(C)(C)O3)C2CC2)CN(C(=O)OC(C)(C)C)C1)c1ccccc1.[HH]. The number of rotatable bonds is 14. The maximum atomic E-state index is 14.7. The van der Waals surface area contributed by atoms with Gasteiger partial charge in [0.25, 0.3) is 5.91 Å². The summed E-state index contributed by atoms with van der Waals surface area (Å²) in [6, 6.07) is 14.9. The van der Waals surface area contributed by atoms with Gasteiger partial charge in [-0.2, -0.15) is 0 Å². The minimum Gasteiger partial charge on any atom is -0.476 e. The molecule has 12 nitrogen and oxygen atoms in total. The summed E-state index contributed by atoms with van der Waals surface area (Å²) >= 11 is 0. The fourth-order valence-electron chi connectivity index (χ4n) is 6.93. The number of carbonyl (C=O) groups excluding carboxylic acids is 4. The van der Waals surface area contributed by atoms with E-state index in [1.807, 2.05) is 55.5 Å². The number of nitrogens with one attached hydrogen (secondary N) is 1. The van der Waals surface area contributed by atoms with Crippen molar-refractivity contribution in [1.29, 1.82) is 0 Å². The molecule has 286 valence electrons. The van der Waals surface area contributed by atoms with Crippen LogP contribution in [0.3, 0.4) is 0 Å². The fourth-order valence-corrected chi connectivity index (χ4v) is 6.93. The molecule has 3 aliphatic rings. The number of anilines is 2. The van der Waals surface area contributed by atoms with Crippen LogP contribution in [0.5, 0.6) is 5.75 Å². The minimum absolute atomic E-state index is 0. The third-order valence-corrected chi connectivity index (χ3v) is 9.61. The zero-order valence-electron chi connectivity index (χ0n) is 31.8. The van der Waals surface area contributed by atoms with E-state index in [1.54, 1.807) is 51.5 Å². The molecule has 1 saturated carbocycles. The van der Waals surface area contributed by atoms with E-state index >= 15 is 0 Å². The van der Waals surface area contributed by atoms with Crippen molar-refractivity contribution in [3.63, 3.8) is 0 Å². The molecule has 0 radical (unpaired) electrons. The van der Waals surface area contributed by atoms with Crippen LogP contribution in [0.25, 0.3) is 0 Å². The van der Waals surface area contributed by atoms with Crippen LogP contribution in [0.1, 0.15) is 86.7 Å². The Morgan fingerprint density at radius 1 is 1.06 bits per heavy atom. The molecule has 5 rings (SSSR count). The predicted octanol–water partition coefficient (Wildman–Crippen LogP) is 6.13. The zero-order valence-corrected chi connectivity index (χ0v) is 31.8. The molecule has 2 aromatic carbocycles. The first-order chi connectivity index (χ1) is 24.7. The van der Waals surface area contributed by atoms with E-state index in [0.717, 1.165) is 18.4 Å². The summed E-state index contributed by atoms with van der Waals surface area (Å²) in [4.78, 5) is 60.9. The quantitative estimate of drug-likeness (QED) is 0.231. The van der Waals surface area contributed by atoms with Gasteiger partial charge in [-0.25, -0.2) is 4.79 Å². The van der Waals surface area contributed by atoms with Gasteiger partial charge in [-0.15, -0.1) is 0 Å². The summed E-state index contributed by atoms with van der Waals surface area (Å²) in [6.45, 7) is 13.1. The molecular formula is C40H58N4O8. The average molecular weight is 723 g/mol. The van der Waals surface area contributed by atoms with Crippen LogP contribution in [-0.2, 0) is 28.6 Å². The van der Waals surface area contributed by atoms with Crippen molar-refractivity contribution in [3.05, 3.63) is 54.1 Å². The first-order valence-corrected chi connectivity index (χ1v) is 18.6. The third kappa shape index (κ3) is 9.63. The van der Waals surface area contributed by atoms with E-state index in [9.17, 15) is 19.2 Å². The number of benzene rings is 2. The third-order valence-electron chi connectivity index (χ3n) is 9.61. The predicted molar refractivity (Wildman–Crippen MR) is 200 cm³/mol. The molecule has 12 heteroatoms. The largest absolute Gasteiger partial charge is 0.476 e. The number of hydrogen-bond acceptors (Lipinski definition) is 8. The molecule has 1 aliphatic carbocycles. The summed E-state index contributed by atoms with van der Waals surface area (Å²) in [6.07, 6.45) is 2.58. The second kappa shape index (κ2) is 16.7. The van der Waals surface area contributed by atoms with Crippen molar-refractivity contribution in [3.8, 4) is 5.75 Å². The van der Waals surface area contributed by atoms with Crippen molar-refractivity contribution in [2.24, 2.45) is 11.8 Å². The molecule has 1 N–H and O–H groups in total. The Bertz CT molecular complexity index is 1580. The molecule has 0 aromatic heterocycles. The average Bonchev–Trinajstić information content (AvgIpc) is 3.94. The lowest BCUT2D eigenvalue weighted by molar-refractivity contribution is -0.133. The van der Waals surface area contributed by atoms with E-state index in [0.29, 0.717) is 56.3 Å². The van der Waals surface area contributed by atoms with Crippen molar-refractivity contribution in [2.45, 2.75) is 96.9 Å². The first kappa shape index (κ1) is 39.1. The Balaban J connectivity index is 0.00000627. The Kier molecular flexibility index (Phi) is 12.5.